The maximum atomic E-state index is 14.6. The van der Waals surface area contributed by atoms with Crippen LogP contribution in [-0.2, 0) is 10.3 Å². The molecule has 0 radical (unpaired) electrons. The lowest BCUT2D eigenvalue weighted by Crippen LogP contribution is -2.58. The molecule has 0 saturated heterocycles. The molecule has 4 nitrogen and oxygen atoms in total. The predicted octanol–water partition coefficient (Wildman–Crippen LogP) is 6.82. The van der Waals surface area contributed by atoms with E-state index in [1.165, 1.54) is 12.1 Å². The molecule has 1 amide bonds. The average Bonchev–Trinajstić information content (AvgIpc) is 2.85. The van der Waals surface area contributed by atoms with Crippen LogP contribution in [0.4, 0.5) is 26.3 Å². The van der Waals surface area contributed by atoms with E-state index in [0.717, 1.165) is 22.9 Å². The van der Waals surface area contributed by atoms with Gasteiger partial charge in [-0.05, 0) is 52.1 Å². The van der Waals surface area contributed by atoms with Crippen molar-refractivity contribution >= 4 is 22.3 Å². The standard InChI is InChI=1S/C27H20F6N2O2/c28-26(29,30)12-3-13-37-21-10-8-20(9-11-21)25(27(31,32)33)15-22(23(16-34)24(36)35-25)19-7-6-17-4-1-2-5-18(17)14-19/h1-2,4-11,14H,3,12-13,15H2,(H,35,36). The first kappa shape index (κ1) is 26.1. The Labute approximate surface area is 208 Å². The summed E-state index contributed by atoms with van der Waals surface area (Å²) in [5.74, 6) is -1.06. The van der Waals surface area contributed by atoms with Crippen LogP contribution >= 0.6 is 0 Å². The van der Waals surface area contributed by atoms with E-state index in [-0.39, 0.29) is 29.9 Å². The number of benzene rings is 3. The van der Waals surface area contributed by atoms with E-state index in [2.05, 4.69) is 0 Å². The van der Waals surface area contributed by atoms with Crippen LogP contribution in [0.25, 0.3) is 16.3 Å². The maximum Gasteiger partial charge on any atom is 0.416 e. The van der Waals surface area contributed by atoms with E-state index < -0.39 is 42.2 Å². The summed E-state index contributed by atoms with van der Waals surface area (Å²) in [7, 11) is 0. The Morgan fingerprint density at radius 1 is 0.946 bits per heavy atom. The number of ether oxygens (including phenoxy) is 1. The van der Waals surface area contributed by atoms with Crippen LogP contribution in [-0.4, -0.2) is 24.9 Å². The molecule has 0 spiro atoms. The van der Waals surface area contributed by atoms with Crippen molar-refractivity contribution in [3.05, 3.63) is 83.4 Å². The van der Waals surface area contributed by atoms with Crippen molar-refractivity contribution in [1.29, 1.82) is 5.26 Å². The fraction of sp³-hybridized carbons (Fsp3) is 0.259. The van der Waals surface area contributed by atoms with Crippen molar-refractivity contribution in [2.24, 2.45) is 0 Å². The minimum absolute atomic E-state index is 0.0400. The highest BCUT2D eigenvalue weighted by atomic mass is 19.4. The highest BCUT2D eigenvalue weighted by Gasteiger charge is 2.59. The Balaban J connectivity index is 1.69. The van der Waals surface area contributed by atoms with Gasteiger partial charge in [0.05, 0.1) is 6.61 Å². The molecule has 0 saturated carbocycles. The van der Waals surface area contributed by atoms with E-state index in [1.807, 2.05) is 17.4 Å². The van der Waals surface area contributed by atoms with Crippen LogP contribution in [0.1, 0.15) is 30.4 Å². The van der Waals surface area contributed by atoms with Gasteiger partial charge in [-0.3, -0.25) is 4.79 Å². The van der Waals surface area contributed by atoms with Gasteiger partial charge in [-0.2, -0.15) is 31.6 Å². The van der Waals surface area contributed by atoms with Gasteiger partial charge in [0.25, 0.3) is 5.91 Å². The molecule has 1 aliphatic heterocycles. The minimum atomic E-state index is -4.94. The lowest BCUT2D eigenvalue weighted by molar-refractivity contribution is -0.201. The van der Waals surface area contributed by atoms with Crippen molar-refractivity contribution in [3.8, 4) is 11.8 Å². The summed E-state index contributed by atoms with van der Waals surface area (Å²) in [6.07, 6.45) is -11.3. The van der Waals surface area contributed by atoms with E-state index >= 15 is 0 Å². The summed E-state index contributed by atoms with van der Waals surface area (Å²) in [5.41, 5.74) is -3.25. The van der Waals surface area contributed by atoms with Gasteiger partial charge in [0.15, 0.2) is 5.54 Å². The zero-order valence-corrected chi connectivity index (χ0v) is 19.2. The molecule has 3 aromatic rings. The van der Waals surface area contributed by atoms with Crippen LogP contribution in [0.15, 0.2) is 72.3 Å². The summed E-state index contributed by atoms with van der Waals surface area (Å²) in [6.45, 7) is -0.264. The molecule has 0 bridgehead atoms. The number of alkyl halides is 6. The molecule has 0 aromatic heterocycles. The monoisotopic (exact) mass is 518 g/mol. The van der Waals surface area contributed by atoms with Crippen LogP contribution in [0.2, 0.25) is 0 Å². The highest BCUT2D eigenvalue weighted by molar-refractivity contribution is 6.07. The van der Waals surface area contributed by atoms with Crippen molar-refractivity contribution < 1.29 is 35.9 Å². The summed E-state index contributed by atoms with van der Waals surface area (Å²) < 4.78 is 86.0. The summed E-state index contributed by atoms with van der Waals surface area (Å²) in [6, 6.07) is 18.5. The molecule has 1 unspecified atom stereocenters. The van der Waals surface area contributed by atoms with Gasteiger partial charge in [0.1, 0.15) is 17.4 Å². The van der Waals surface area contributed by atoms with Gasteiger partial charge < -0.3 is 10.1 Å². The molecule has 1 atom stereocenters. The predicted molar refractivity (Wildman–Crippen MR) is 124 cm³/mol. The molecule has 192 valence electrons. The first-order valence-corrected chi connectivity index (χ1v) is 11.3. The van der Waals surface area contributed by atoms with Gasteiger partial charge in [-0.1, -0.05) is 48.5 Å². The third-order valence-corrected chi connectivity index (χ3v) is 6.21. The molecule has 0 aliphatic carbocycles. The number of halogens is 6. The number of carbonyl (C=O) groups is 1. The fourth-order valence-electron chi connectivity index (χ4n) is 4.34. The number of amides is 1. The Morgan fingerprint density at radius 2 is 1.62 bits per heavy atom. The third-order valence-electron chi connectivity index (χ3n) is 6.21. The van der Waals surface area contributed by atoms with Gasteiger partial charge in [0, 0.05) is 12.8 Å². The molecular formula is C27H20F6N2O2. The third kappa shape index (κ3) is 5.40. The fourth-order valence-corrected chi connectivity index (χ4v) is 4.34. The van der Waals surface area contributed by atoms with Gasteiger partial charge in [-0.25, -0.2) is 0 Å². The topological polar surface area (TPSA) is 62.1 Å². The molecule has 10 heteroatoms. The molecule has 1 heterocycles. The number of nitriles is 1. The smallest absolute Gasteiger partial charge is 0.416 e. The Kier molecular flexibility index (Phi) is 6.91. The second-order valence-corrected chi connectivity index (χ2v) is 8.65. The van der Waals surface area contributed by atoms with E-state index in [1.54, 1.807) is 36.4 Å². The van der Waals surface area contributed by atoms with Crippen LogP contribution < -0.4 is 10.1 Å². The average molecular weight is 518 g/mol. The summed E-state index contributed by atoms with van der Waals surface area (Å²) in [5, 5.41) is 13.2. The summed E-state index contributed by atoms with van der Waals surface area (Å²) >= 11 is 0. The molecule has 3 aromatic carbocycles. The van der Waals surface area contributed by atoms with E-state index in [9.17, 15) is 36.4 Å². The largest absolute Gasteiger partial charge is 0.494 e. The maximum absolute atomic E-state index is 14.6. The number of nitrogens with one attached hydrogen (secondary N) is 1. The number of hydrogen-bond acceptors (Lipinski definition) is 3. The second-order valence-electron chi connectivity index (χ2n) is 8.65. The molecule has 37 heavy (non-hydrogen) atoms. The Bertz CT molecular complexity index is 1390. The second kappa shape index (κ2) is 9.81. The van der Waals surface area contributed by atoms with Crippen LogP contribution in [0.5, 0.6) is 5.75 Å². The lowest BCUT2D eigenvalue weighted by Gasteiger charge is -2.40. The Hall–Kier alpha value is -4.00. The molecule has 1 aliphatic rings. The first-order valence-electron chi connectivity index (χ1n) is 11.3. The number of nitrogens with zero attached hydrogens (tertiary/aromatic N) is 1. The van der Waals surface area contributed by atoms with Crippen molar-refractivity contribution in [3.63, 3.8) is 0 Å². The summed E-state index contributed by atoms with van der Waals surface area (Å²) in [4.78, 5) is 12.8. The van der Waals surface area contributed by atoms with Gasteiger partial charge in [0.2, 0.25) is 0 Å². The van der Waals surface area contributed by atoms with Crippen molar-refractivity contribution in [2.75, 3.05) is 6.61 Å². The zero-order chi connectivity index (χ0) is 26.8. The van der Waals surface area contributed by atoms with E-state index in [4.69, 9.17) is 4.74 Å². The van der Waals surface area contributed by atoms with Crippen LogP contribution in [0.3, 0.4) is 0 Å². The number of carbonyl (C=O) groups excluding carboxylic acids is 1. The zero-order valence-electron chi connectivity index (χ0n) is 19.2. The molecule has 0 fully saturated rings. The quantitative estimate of drug-likeness (QED) is 0.288. The van der Waals surface area contributed by atoms with E-state index in [0.29, 0.717) is 5.56 Å². The van der Waals surface area contributed by atoms with Crippen molar-refractivity contribution in [2.45, 2.75) is 37.2 Å². The van der Waals surface area contributed by atoms with Crippen LogP contribution in [0, 0.1) is 11.3 Å². The molecule has 1 N–H and O–H groups in total. The molecule has 4 rings (SSSR count). The number of fused-ring (bicyclic) bond motifs is 1. The molecular weight excluding hydrogens is 498 g/mol. The van der Waals surface area contributed by atoms with Gasteiger partial charge in [-0.15, -0.1) is 0 Å². The number of hydrogen-bond donors (Lipinski definition) is 1. The van der Waals surface area contributed by atoms with Gasteiger partial charge >= 0.3 is 12.4 Å². The first-order chi connectivity index (χ1) is 17.4. The normalized spacial score (nSPS) is 18.5. The lowest BCUT2D eigenvalue weighted by atomic mass is 9.76. The highest BCUT2D eigenvalue weighted by Crippen LogP contribution is 2.48. The number of rotatable bonds is 6. The minimum Gasteiger partial charge on any atom is -0.494 e. The van der Waals surface area contributed by atoms with Crippen molar-refractivity contribution in [1.82, 2.24) is 5.32 Å². The SMILES string of the molecule is N#CC1=C(c2ccc3ccccc3c2)CC(c2ccc(OCCCC(F)(F)F)cc2)(C(F)(F)F)NC1=O. The Morgan fingerprint density at radius 3 is 2.24 bits per heavy atom.